The van der Waals surface area contributed by atoms with Crippen molar-refractivity contribution >= 4 is 21.4 Å². The molecular weight excluding hydrogens is 360 g/mol. The van der Waals surface area contributed by atoms with Crippen molar-refractivity contribution in [2.24, 2.45) is 7.05 Å². The summed E-state index contributed by atoms with van der Waals surface area (Å²) in [5, 5.41) is 4.16. The number of pyridine rings is 1. The van der Waals surface area contributed by atoms with Crippen LogP contribution in [-0.2, 0) is 23.6 Å². The van der Waals surface area contributed by atoms with Crippen molar-refractivity contribution in [1.29, 1.82) is 0 Å². The fourth-order valence-corrected chi connectivity index (χ4v) is 4.79. The normalized spacial score (nSPS) is 11.6. The second-order valence-corrected chi connectivity index (χ2v) is 8.35. The van der Waals surface area contributed by atoms with Crippen molar-refractivity contribution < 1.29 is 8.42 Å². The SMILES string of the molecule is Cc1sc(-c2ccc(=O)n(C)n2)cc1S(=O)(=O)NCc1ccccn1. The molecule has 3 aromatic heterocycles. The lowest BCUT2D eigenvalue weighted by molar-refractivity contribution is 0.580. The molecule has 0 unspecified atom stereocenters. The van der Waals surface area contributed by atoms with Gasteiger partial charge in [-0.15, -0.1) is 11.3 Å². The first kappa shape index (κ1) is 17.5. The Kier molecular flexibility index (Phi) is 4.80. The van der Waals surface area contributed by atoms with Gasteiger partial charge in [-0.05, 0) is 31.2 Å². The number of thiophene rings is 1. The monoisotopic (exact) mass is 376 g/mol. The maximum atomic E-state index is 12.6. The smallest absolute Gasteiger partial charge is 0.266 e. The molecule has 1 N–H and O–H groups in total. The van der Waals surface area contributed by atoms with E-state index in [4.69, 9.17) is 0 Å². The highest BCUT2D eigenvalue weighted by molar-refractivity contribution is 7.89. The van der Waals surface area contributed by atoms with Gasteiger partial charge in [0.05, 0.1) is 22.0 Å². The molecule has 130 valence electrons. The quantitative estimate of drug-likeness (QED) is 0.731. The van der Waals surface area contributed by atoms with E-state index in [1.165, 1.54) is 22.1 Å². The number of aromatic nitrogens is 3. The molecule has 3 rings (SSSR count). The van der Waals surface area contributed by atoms with E-state index in [1.54, 1.807) is 50.5 Å². The average molecular weight is 376 g/mol. The molecule has 0 bridgehead atoms. The van der Waals surface area contributed by atoms with E-state index in [0.29, 0.717) is 21.1 Å². The highest BCUT2D eigenvalue weighted by atomic mass is 32.2. The Morgan fingerprint density at radius 1 is 1.24 bits per heavy atom. The molecule has 0 saturated heterocycles. The zero-order chi connectivity index (χ0) is 18.0. The number of rotatable bonds is 5. The lowest BCUT2D eigenvalue weighted by atomic mass is 10.3. The van der Waals surface area contributed by atoms with Gasteiger partial charge in [0.15, 0.2) is 0 Å². The van der Waals surface area contributed by atoms with Gasteiger partial charge in [-0.1, -0.05) is 6.07 Å². The summed E-state index contributed by atoms with van der Waals surface area (Å²) in [5.74, 6) is 0. The zero-order valence-corrected chi connectivity index (χ0v) is 15.3. The summed E-state index contributed by atoms with van der Waals surface area (Å²) in [6, 6.07) is 9.90. The van der Waals surface area contributed by atoms with E-state index >= 15 is 0 Å². The van der Waals surface area contributed by atoms with Gasteiger partial charge in [0.2, 0.25) is 10.0 Å². The minimum atomic E-state index is -3.67. The summed E-state index contributed by atoms with van der Waals surface area (Å²) in [6.45, 7) is 1.86. The van der Waals surface area contributed by atoms with Crippen molar-refractivity contribution in [3.05, 3.63) is 63.5 Å². The second kappa shape index (κ2) is 6.87. The molecule has 0 spiro atoms. The first-order valence-corrected chi connectivity index (χ1v) is 9.71. The van der Waals surface area contributed by atoms with Crippen LogP contribution in [0, 0.1) is 6.92 Å². The highest BCUT2D eigenvalue weighted by Gasteiger charge is 2.21. The lowest BCUT2D eigenvalue weighted by Crippen LogP contribution is -2.23. The molecule has 25 heavy (non-hydrogen) atoms. The molecule has 0 aliphatic rings. The van der Waals surface area contributed by atoms with Crippen LogP contribution in [0.4, 0.5) is 0 Å². The minimum absolute atomic E-state index is 0.117. The van der Waals surface area contributed by atoms with Gasteiger partial charge in [-0.2, -0.15) is 5.10 Å². The molecule has 3 heterocycles. The van der Waals surface area contributed by atoms with Gasteiger partial charge in [-0.25, -0.2) is 17.8 Å². The summed E-state index contributed by atoms with van der Waals surface area (Å²) in [4.78, 5) is 17.1. The van der Waals surface area contributed by atoms with Gasteiger partial charge >= 0.3 is 0 Å². The summed E-state index contributed by atoms with van der Waals surface area (Å²) in [7, 11) is -2.12. The van der Waals surface area contributed by atoms with Crippen LogP contribution in [-0.4, -0.2) is 23.2 Å². The third-order valence-corrected chi connectivity index (χ3v) is 6.27. The summed E-state index contributed by atoms with van der Waals surface area (Å²) in [6.07, 6.45) is 1.61. The molecule has 0 saturated carbocycles. The molecule has 0 aliphatic heterocycles. The molecule has 0 fully saturated rings. The third kappa shape index (κ3) is 3.84. The Balaban J connectivity index is 1.88. The molecule has 0 aromatic carbocycles. The van der Waals surface area contributed by atoms with Crippen molar-refractivity contribution in [1.82, 2.24) is 19.5 Å². The molecule has 9 heteroatoms. The van der Waals surface area contributed by atoms with E-state index < -0.39 is 10.0 Å². The van der Waals surface area contributed by atoms with E-state index in [2.05, 4.69) is 14.8 Å². The van der Waals surface area contributed by atoms with Crippen LogP contribution in [0.5, 0.6) is 0 Å². The Hall–Kier alpha value is -2.36. The van der Waals surface area contributed by atoms with Crippen molar-refractivity contribution in [2.45, 2.75) is 18.4 Å². The van der Waals surface area contributed by atoms with E-state index in [1.807, 2.05) is 0 Å². The predicted molar refractivity (Wildman–Crippen MR) is 95.8 cm³/mol. The minimum Gasteiger partial charge on any atom is -0.268 e. The molecule has 0 atom stereocenters. The number of nitrogens with one attached hydrogen (secondary N) is 1. The fourth-order valence-electron chi connectivity index (χ4n) is 2.24. The van der Waals surface area contributed by atoms with Crippen LogP contribution in [0.2, 0.25) is 0 Å². The van der Waals surface area contributed by atoms with E-state index in [0.717, 1.165) is 0 Å². The van der Waals surface area contributed by atoms with Crippen molar-refractivity contribution in [3.8, 4) is 10.6 Å². The second-order valence-electron chi connectivity index (χ2n) is 5.36. The molecule has 7 nitrogen and oxygen atoms in total. The largest absolute Gasteiger partial charge is 0.268 e. The average Bonchev–Trinajstić information content (AvgIpc) is 2.99. The van der Waals surface area contributed by atoms with E-state index in [-0.39, 0.29) is 17.0 Å². The highest BCUT2D eigenvalue weighted by Crippen LogP contribution is 2.32. The Labute approximate surface area is 149 Å². The topological polar surface area (TPSA) is 94.0 Å². The molecule has 3 aromatic rings. The van der Waals surface area contributed by atoms with Crippen LogP contribution in [0.3, 0.4) is 0 Å². The first-order chi connectivity index (χ1) is 11.9. The number of hydrogen-bond donors (Lipinski definition) is 1. The molecular formula is C16H16N4O3S2. The van der Waals surface area contributed by atoms with Crippen molar-refractivity contribution in [3.63, 3.8) is 0 Å². The van der Waals surface area contributed by atoms with Crippen LogP contribution < -0.4 is 10.3 Å². The van der Waals surface area contributed by atoms with Gasteiger partial charge in [0.1, 0.15) is 5.69 Å². The molecule has 0 aliphatic carbocycles. The van der Waals surface area contributed by atoms with Crippen LogP contribution in [0.15, 0.2) is 52.3 Å². The zero-order valence-electron chi connectivity index (χ0n) is 13.6. The molecule has 0 amide bonds. The number of sulfonamides is 1. The number of aryl methyl sites for hydroxylation is 2. The third-order valence-electron chi connectivity index (χ3n) is 3.54. The van der Waals surface area contributed by atoms with Crippen LogP contribution in [0.1, 0.15) is 10.6 Å². The summed E-state index contributed by atoms with van der Waals surface area (Å²) in [5.41, 5.74) is 0.974. The lowest BCUT2D eigenvalue weighted by Gasteiger charge is -2.05. The number of nitrogens with zero attached hydrogens (tertiary/aromatic N) is 3. The summed E-state index contributed by atoms with van der Waals surface area (Å²) >= 11 is 1.32. The maximum absolute atomic E-state index is 12.6. The Morgan fingerprint density at radius 3 is 2.72 bits per heavy atom. The number of hydrogen-bond acceptors (Lipinski definition) is 6. The Morgan fingerprint density at radius 2 is 2.04 bits per heavy atom. The van der Waals surface area contributed by atoms with Gasteiger partial charge in [0.25, 0.3) is 5.56 Å². The first-order valence-electron chi connectivity index (χ1n) is 7.41. The van der Waals surface area contributed by atoms with Crippen molar-refractivity contribution in [2.75, 3.05) is 0 Å². The van der Waals surface area contributed by atoms with Gasteiger partial charge in [0, 0.05) is 24.2 Å². The van der Waals surface area contributed by atoms with E-state index in [9.17, 15) is 13.2 Å². The summed E-state index contributed by atoms with van der Waals surface area (Å²) < 4.78 is 28.9. The standard InChI is InChI=1S/C16H16N4O3S2/c1-11-15(25(22,23)18-10-12-5-3-4-8-17-12)9-14(24-11)13-6-7-16(21)20(2)19-13/h3-9,18H,10H2,1-2H3. The maximum Gasteiger partial charge on any atom is 0.266 e. The fraction of sp³-hybridized carbons (Fsp3) is 0.188. The predicted octanol–water partition coefficient (Wildman–Crippen LogP) is 1.69. The van der Waals surface area contributed by atoms with Gasteiger partial charge < -0.3 is 0 Å². The van der Waals surface area contributed by atoms with Crippen LogP contribution in [0.25, 0.3) is 10.6 Å². The van der Waals surface area contributed by atoms with Crippen LogP contribution >= 0.6 is 11.3 Å². The van der Waals surface area contributed by atoms with Gasteiger partial charge in [-0.3, -0.25) is 9.78 Å². The Bertz CT molecular complexity index is 1060. The molecule has 0 radical (unpaired) electrons.